The Balaban J connectivity index is 1.92. The molecule has 0 aromatic carbocycles. The molecule has 0 atom stereocenters. The SMILES string of the molecule is Cc1ncc(C(=O)NCc2cc(C#CCN)cs2)s1. The number of rotatable bonds is 3. The Morgan fingerprint density at radius 2 is 2.42 bits per heavy atom. The van der Waals surface area contributed by atoms with E-state index in [1.54, 1.807) is 17.5 Å². The van der Waals surface area contributed by atoms with Crippen LogP contribution in [0.4, 0.5) is 0 Å². The minimum Gasteiger partial charge on any atom is -0.346 e. The zero-order valence-electron chi connectivity index (χ0n) is 10.4. The molecule has 0 saturated carbocycles. The lowest BCUT2D eigenvalue weighted by molar-refractivity contribution is 0.0955. The van der Waals surface area contributed by atoms with Gasteiger partial charge < -0.3 is 11.1 Å². The number of amides is 1. The number of hydrogen-bond acceptors (Lipinski definition) is 5. The van der Waals surface area contributed by atoms with Gasteiger partial charge in [-0.1, -0.05) is 11.8 Å². The Bertz CT molecular complexity index is 634. The fourth-order valence-electron chi connectivity index (χ4n) is 1.41. The number of thiazole rings is 1. The van der Waals surface area contributed by atoms with Gasteiger partial charge in [0.05, 0.1) is 24.3 Å². The first kappa shape index (κ1) is 13.7. The van der Waals surface area contributed by atoms with Gasteiger partial charge in [-0.25, -0.2) is 4.98 Å². The summed E-state index contributed by atoms with van der Waals surface area (Å²) in [6.07, 6.45) is 1.60. The summed E-state index contributed by atoms with van der Waals surface area (Å²) < 4.78 is 0. The standard InChI is InChI=1S/C13H13N3OS2/c1-9-15-7-12(19-9)13(17)16-6-11-5-10(8-18-11)3-2-4-14/h5,7-8H,4,6,14H2,1H3,(H,16,17). The maximum absolute atomic E-state index is 11.8. The van der Waals surface area contributed by atoms with Crippen molar-refractivity contribution in [2.45, 2.75) is 13.5 Å². The lowest BCUT2D eigenvalue weighted by atomic mass is 10.3. The van der Waals surface area contributed by atoms with Crippen LogP contribution in [-0.2, 0) is 6.54 Å². The van der Waals surface area contributed by atoms with Crippen LogP contribution in [0.2, 0.25) is 0 Å². The molecule has 0 unspecified atom stereocenters. The van der Waals surface area contributed by atoms with Crippen molar-refractivity contribution in [2.75, 3.05) is 6.54 Å². The quantitative estimate of drug-likeness (QED) is 0.847. The highest BCUT2D eigenvalue weighted by Gasteiger charge is 2.08. The summed E-state index contributed by atoms with van der Waals surface area (Å²) in [7, 11) is 0. The first-order chi connectivity index (χ1) is 9.19. The number of nitrogens with two attached hydrogens (primary N) is 1. The van der Waals surface area contributed by atoms with Crippen molar-refractivity contribution in [1.29, 1.82) is 0 Å². The lowest BCUT2D eigenvalue weighted by Gasteiger charge is -1.99. The van der Waals surface area contributed by atoms with Crippen molar-refractivity contribution in [3.8, 4) is 11.8 Å². The second kappa shape index (κ2) is 6.48. The molecule has 0 bridgehead atoms. The first-order valence-electron chi connectivity index (χ1n) is 5.66. The molecule has 19 heavy (non-hydrogen) atoms. The minimum absolute atomic E-state index is 0.0893. The molecular weight excluding hydrogens is 278 g/mol. The largest absolute Gasteiger partial charge is 0.346 e. The summed E-state index contributed by atoms with van der Waals surface area (Å²) in [5, 5.41) is 5.72. The van der Waals surface area contributed by atoms with Crippen LogP contribution in [0.5, 0.6) is 0 Å². The van der Waals surface area contributed by atoms with E-state index in [9.17, 15) is 4.79 Å². The monoisotopic (exact) mass is 291 g/mol. The van der Waals surface area contributed by atoms with Gasteiger partial charge in [0.2, 0.25) is 0 Å². The van der Waals surface area contributed by atoms with Gasteiger partial charge in [-0.2, -0.15) is 0 Å². The van der Waals surface area contributed by atoms with Crippen LogP contribution in [-0.4, -0.2) is 17.4 Å². The van der Waals surface area contributed by atoms with Gasteiger partial charge in [-0.3, -0.25) is 4.79 Å². The molecule has 2 heterocycles. The van der Waals surface area contributed by atoms with Crippen molar-refractivity contribution >= 4 is 28.6 Å². The van der Waals surface area contributed by atoms with Gasteiger partial charge in [0.25, 0.3) is 5.91 Å². The maximum atomic E-state index is 11.8. The average Bonchev–Trinajstić information content (AvgIpc) is 3.02. The number of carbonyl (C=O) groups excluding carboxylic acids is 1. The van der Waals surface area contributed by atoms with E-state index in [4.69, 9.17) is 5.73 Å². The predicted molar refractivity (Wildman–Crippen MR) is 78.3 cm³/mol. The zero-order chi connectivity index (χ0) is 13.7. The van der Waals surface area contributed by atoms with Crippen LogP contribution in [0, 0.1) is 18.8 Å². The lowest BCUT2D eigenvalue weighted by Crippen LogP contribution is -2.21. The number of aryl methyl sites for hydroxylation is 1. The Morgan fingerprint density at radius 1 is 1.58 bits per heavy atom. The smallest absolute Gasteiger partial charge is 0.263 e. The maximum Gasteiger partial charge on any atom is 0.263 e. The van der Waals surface area contributed by atoms with Crippen LogP contribution >= 0.6 is 22.7 Å². The van der Waals surface area contributed by atoms with Crippen molar-refractivity contribution in [3.05, 3.63) is 38.0 Å². The molecule has 1 amide bonds. The summed E-state index contributed by atoms with van der Waals surface area (Å²) in [6, 6.07) is 1.96. The normalized spacial score (nSPS) is 9.79. The van der Waals surface area contributed by atoms with E-state index in [2.05, 4.69) is 22.1 Å². The molecule has 0 aliphatic rings. The summed E-state index contributed by atoms with van der Waals surface area (Å²) in [6.45, 7) is 2.74. The van der Waals surface area contributed by atoms with Crippen molar-refractivity contribution < 1.29 is 4.79 Å². The highest BCUT2D eigenvalue weighted by atomic mass is 32.1. The number of aromatic nitrogens is 1. The number of carbonyl (C=O) groups is 1. The van der Waals surface area contributed by atoms with Gasteiger partial charge in [-0.15, -0.1) is 22.7 Å². The highest BCUT2D eigenvalue weighted by Crippen LogP contribution is 2.15. The highest BCUT2D eigenvalue weighted by molar-refractivity contribution is 7.13. The molecule has 2 rings (SSSR count). The van der Waals surface area contributed by atoms with Crippen molar-refractivity contribution in [1.82, 2.24) is 10.3 Å². The minimum atomic E-state index is -0.0893. The summed E-state index contributed by atoms with van der Waals surface area (Å²) >= 11 is 2.96. The Kier molecular flexibility index (Phi) is 4.68. The van der Waals surface area contributed by atoms with Crippen LogP contribution < -0.4 is 11.1 Å². The van der Waals surface area contributed by atoms with E-state index in [1.165, 1.54) is 11.3 Å². The van der Waals surface area contributed by atoms with E-state index in [-0.39, 0.29) is 5.91 Å². The van der Waals surface area contributed by atoms with Gasteiger partial charge in [0.1, 0.15) is 4.88 Å². The molecule has 0 aliphatic carbocycles. The molecule has 2 aromatic rings. The third kappa shape index (κ3) is 3.89. The van der Waals surface area contributed by atoms with Crippen molar-refractivity contribution in [3.63, 3.8) is 0 Å². The van der Waals surface area contributed by atoms with E-state index in [0.717, 1.165) is 15.4 Å². The molecule has 98 valence electrons. The number of nitrogens with one attached hydrogen (secondary N) is 1. The fraction of sp³-hybridized carbons (Fsp3) is 0.231. The molecule has 0 radical (unpaired) electrons. The topological polar surface area (TPSA) is 68.0 Å². The Labute approximate surface area is 119 Å². The second-order valence-electron chi connectivity index (χ2n) is 3.73. The van der Waals surface area contributed by atoms with E-state index < -0.39 is 0 Å². The Morgan fingerprint density at radius 3 is 3.11 bits per heavy atom. The molecule has 0 spiro atoms. The van der Waals surface area contributed by atoms with Gasteiger partial charge in [-0.05, 0) is 13.0 Å². The first-order valence-corrected chi connectivity index (χ1v) is 7.35. The molecule has 4 nitrogen and oxygen atoms in total. The second-order valence-corrected chi connectivity index (χ2v) is 5.96. The van der Waals surface area contributed by atoms with Crippen LogP contribution in [0.3, 0.4) is 0 Å². The summed E-state index contributed by atoms with van der Waals surface area (Å²) in [4.78, 5) is 17.6. The molecule has 6 heteroatoms. The van der Waals surface area contributed by atoms with Crippen LogP contribution in [0.1, 0.15) is 25.1 Å². The summed E-state index contributed by atoms with van der Waals surface area (Å²) in [5.41, 5.74) is 6.25. The van der Waals surface area contributed by atoms with Gasteiger partial charge >= 0.3 is 0 Å². The Hall–Kier alpha value is -1.68. The molecule has 0 saturated heterocycles. The number of nitrogens with zero attached hydrogens (tertiary/aromatic N) is 1. The molecule has 3 N–H and O–H groups in total. The van der Waals surface area contributed by atoms with E-state index in [1.807, 2.05) is 18.4 Å². The van der Waals surface area contributed by atoms with E-state index in [0.29, 0.717) is 18.0 Å². The molecular formula is C13H13N3OS2. The molecule has 0 fully saturated rings. The van der Waals surface area contributed by atoms with Gasteiger partial charge in [0, 0.05) is 15.8 Å². The predicted octanol–water partition coefficient (Wildman–Crippen LogP) is 1.75. The number of hydrogen-bond donors (Lipinski definition) is 2. The van der Waals surface area contributed by atoms with E-state index >= 15 is 0 Å². The summed E-state index contributed by atoms with van der Waals surface area (Å²) in [5.74, 6) is 5.67. The van der Waals surface area contributed by atoms with Crippen LogP contribution in [0.25, 0.3) is 0 Å². The zero-order valence-corrected chi connectivity index (χ0v) is 12.0. The number of thiophene rings is 1. The van der Waals surface area contributed by atoms with Gasteiger partial charge in [0.15, 0.2) is 0 Å². The third-order valence-electron chi connectivity index (χ3n) is 2.26. The third-order valence-corrected chi connectivity index (χ3v) is 4.11. The average molecular weight is 291 g/mol. The van der Waals surface area contributed by atoms with Crippen LogP contribution in [0.15, 0.2) is 17.6 Å². The fourth-order valence-corrected chi connectivity index (χ4v) is 2.86. The molecule has 2 aromatic heterocycles. The molecule has 0 aliphatic heterocycles. The van der Waals surface area contributed by atoms with Crippen molar-refractivity contribution in [2.24, 2.45) is 5.73 Å².